The van der Waals surface area contributed by atoms with E-state index >= 15 is 0 Å². The van der Waals surface area contributed by atoms with Crippen LogP contribution in [0.2, 0.25) is 12.1 Å². The second-order valence-corrected chi connectivity index (χ2v) is 18.0. The lowest BCUT2D eigenvalue weighted by Crippen LogP contribution is -2.41. The van der Waals surface area contributed by atoms with Crippen molar-refractivity contribution in [2.24, 2.45) is 0 Å². The molecule has 0 heterocycles. The topological polar surface area (TPSA) is 46.2 Å². The maximum Gasteiger partial charge on any atom is 0.130 e. The van der Waals surface area contributed by atoms with Gasteiger partial charge in [-0.3, -0.25) is 0 Å². The fraction of sp³-hybridized carbons (Fsp3) is 0.250. The number of hydrogen-bond donors (Lipinski definition) is 0. The Morgan fingerprint density at radius 2 is 0.818 bits per heavy atom. The normalized spacial score (nSPS) is 13.8. The van der Waals surface area contributed by atoms with E-state index < -0.39 is 30.2 Å². The molecule has 6 aromatic carbocycles. The molecule has 6 rings (SSSR count). The highest BCUT2D eigenvalue weighted by Crippen LogP contribution is 2.46. The summed E-state index contributed by atoms with van der Waals surface area (Å²) in [5, 5.41) is 2.74. The summed E-state index contributed by atoms with van der Waals surface area (Å²) >= 11 is 0. The van der Waals surface area contributed by atoms with E-state index in [1.807, 2.05) is 74.5 Å². The summed E-state index contributed by atoms with van der Waals surface area (Å²) in [4.78, 5) is 0. The van der Waals surface area contributed by atoms with Crippen molar-refractivity contribution in [2.75, 3.05) is 13.2 Å². The maximum atomic E-state index is 7.85. The molecule has 0 aromatic heterocycles. The monoisotopic (exact) mass is 766 g/mol. The van der Waals surface area contributed by atoms with Gasteiger partial charge in [0.05, 0.1) is 43.5 Å². The first-order valence-corrected chi connectivity index (χ1v) is 22.9. The first-order chi connectivity index (χ1) is 26.7. The second kappa shape index (κ2) is 18.5. The number of benzene rings is 6. The Kier molecular flexibility index (Phi) is 13.3. The largest absolute Gasteiger partial charge is 0.494 e. The van der Waals surface area contributed by atoms with E-state index in [-0.39, 0.29) is 0 Å². The zero-order valence-electron chi connectivity index (χ0n) is 33.1. The van der Waals surface area contributed by atoms with Gasteiger partial charge in [0.1, 0.15) is 34.5 Å². The Morgan fingerprint density at radius 3 is 1.18 bits per heavy atom. The molecule has 284 valence electrons. The lowest BCUT2D eigenvalue weighted by Gasteiger charge is -2.43. The van der Waals surface area contributed by atoms with Crippen LogP contribution in [0.25, 0.3) is 0 Å². The standard InChI is InChI=1S/C48H54O5Si2/c1-7-49-37-25-29-41(30-26-37)54-33-47(5,43-21-15-23-45(35(43)3)51-39-17-11-9-12-18-39)53-48(6,34-55-42-31-27-38(28-32-42)50-8-2)44-22-16-24-46(36(44)4)52-40-19-13-10-14-20-40/h9-32H,7-8,33-34,54-55H2,1-6H3. The second-order valence-electron chi connectivity index (χ2n) is 14.4. The first kappa shape index (κ1) is 39.6. The van der Waals surface area contributed by atoms with Crippen LogP contribution in [0.4, 0.5) is 0 Å². The van der Waals surface area contributed by atoms with Crippen molar-refractivity contribution in [3.63, 3.8) is 0 Å². The summed E-state index contributed by atoms with van der Waals surface area (Å²) in [5.41, 5.74) is 3.16. The molecule has 0 saturated carbocycles. The summed E-state index contributed by atoms with van der Waals surface area (Å²) in [6, 6.07) is 51.8. The molecule has 0 aliphatic rings. The summed E-state index contributed by atoms with van der Waals surface area (Å²) in [5.74, 6) is 5.10. The van der Waals surface area contributed by atoms with Gasteiger partial charge in [-0.05, 0) is 137 Å². The van der Waals surface area contributed by atoms with Crippen molar-refractivity contribution in [3.05, 3.63) is 168 Å². The summed E-state index contributed by atoms with van der Waals surface area (Å²) < 4.78 is 32.4. The van der Waals surface area contributed by atoms with Crippen LogP contribution >= 0.6 is 0 Å². The molecule has 2 unspecified atom stereocenters. The minimum Gasteiger partial charge on any atom is -0.494 e. The molecular weight excluding hydrogens is 713 g/mol. The molecule has 0 N–H and O–H groups in total. The Labute approximate surface area is 332 Å². The highest BCUT2D eigenvalue weighted by Gasteiger charge is 2.40. The zero-order chi connectivity index (χ0) is 38.7. The third-order valence-electron chi connectivity index (χ3n) is 10.4. The summed E-state index contributed by atoms with van der Waals surface area (Å²) in [7, 11) is -1.61. The van der Waals surface area contributed by atoms with Crippen LogP contribution in [-0.2, 0) is 15.9 Å². The summed E-state index contributed by atoms with van der Waals surface area (Å²) in [6.45, 7) is 14.3. The van der Waals surface area contributed by atoms with Crippen molar-refractivity contribution in [3.8, 4) is 34.5 Å². The van der Waals surface area contributed by atoms with Gasteiger partial charge in [0.15, 0.2) is 0 Å². The van der Waals surface area contributed by atoms with Gasteiger partial charge in [0, 0.05) is 0 Å². The highest BCUT2D eigenvalue weighted by atomic mass is 28.2. The summed E-state index contributed by atoms with van der Waals surface area (Å²) in [6.07, 6.45) is 0. The number of rotatable bonds is 18. The maximum absolute atomic E-state index is 7.85. The molecule has 2 atom stereocenters. The number of hydrogen-bond acceptors (Lipinski definition) is 5. The van der Waals surface area contributed by atoms with Gasteiger partial charge in [-0.1, -0.05) is 95.3 Å². The minimum atomic E-state index is -0.803. The molecule has 0 saturated heterocycles. The minimum absolute atomic E-state index is 0.643. The van der Waals surface area contributed by atoms with Crippen LogP contribution in [0.1, 0.15) is 49.9 Å². The molecule has 6 aromatic rings. The molecule has 0 aliphatic carbocycles. The van der Waals surface area contributed by atoms with E-state index in [9.17, 15) is 0 Å². The van der Waals surface area contributed by atoms with E-state index in [1.165, 1.54) is 10.4 Å². The van der Waals surface area contributed by atoms with Crippen molar-refractivity contribution >= 4 is 29.4 Å². The molecule has 7 heteroatoms. The Morgan fingerprint density at radius 1 is 0.436 bits per heavy atom. The lowest BCUT2D eigenvalue weighted by atomic mass is 9.88. The molecule has 0 aliphatic heterocycles. The smallest absolute Gasteiger partial charge is 0.130 e. The van der Waals surface area contributed by atoms with Crippen molar-refractivity contribution in [2.45, 2.75) is 64.8 Å². The Balaban J connectivity index is 1.42. The first-order valence-electron chi connectivity index (χ1n) is 19.5. The van der Waals surface area contributed by atoms with Crippen molar-refractivity contribution in [1.82, 2.24) is 0 Å². The van der Waals surface area contributed by atoms with E-state index in [0.29, 0.717) is 13.2 Å². The SMILES string of the molecule is CCOc1ccc([SiH2]CC(C)(OC(C)(C[SiH2]c2ccc(OCC)cc2)c2cccc(Oc3ccccc3)c2C)c2cccc(Oc3ccccc3)c2C)cc1. The molecule has 0 fully saturated rings. The van der Waals surface area contributed by atoms with Gasteiger partial charge >= 0.3 is 0 Å². The fourth-order valence-corrected chi connectivity index (χ4v) is 10.8. The molecule has 5 nitrogen and oxygen atoms in total. The van der Waals surface area contributed by atoms with Gasteiger partial charge in [0.2, 0.25) is 0 Å². The predicted molar refractivity (Wildman–Crippen MR) is 232 cm³/mol. The van der Waals surface area contributed by atoms with Crippen molar-refractivity contribution in [1.29, 1.82) is 0 Å². The van der Waals surface area contributed by atoms with Gasteiger partial charge in [-0.2, -0.15) is 0 Å². The van der Waals surface area contributed by atoms with E-state index in [2.05, 4.69) is 113 Å². The third-order valence-corrected chi connectivity index (χ3v) is 14.9. The molecule has 0 bridgehead atoms. The van der Waals surface area contributed by atoms with Crippen LogP contribution in [0.3, 0.4) is 0 Å². The fourth-order valence-electron chi connectivity index (χ4n) is 7.41. The third kappa shape index (κ3) is 10.2. The van der Waals surface area contributed by atoms with E-state index in [0.717, 1.165) is 68.8 Å². The quantitative estimate of drug-likeness (QED) is 0.0816. The van der Waals surface area contributed by atoms with Crippen LogP contribution in [0.5, 0.6) is 34.5 Å². The molecule has 55 heavy (non-hydrogen) atoms. The van der Waals surface area contributed by atoms with Gasteiger partial charge < -0.3 is 23.7 Å². The van der Waals surface area contributed by atoms with Gasteiger partial charge in [0.25, 0.3) is 0 Å². The Hall–Kier alpha value is -5.09. The number of ether oxygens (including phenoxy) is 5. The predicted octanol–water partition coefficient (Wildman–Crippen LogP) is 9.66. The molecular formula is C48H54O5Si2. The number of para-hydroxylation sites is 2. The van der Waals surface area contributed by atoms with E-state index in [4.69, 9.17) is 23.7 Å². The average molecular weight is 767 g/mol. The van der Waals surface area contributed by atoms with Crippen LogP contribution in [0.15, 0.2) is 146 Å². The molecule has 0 amide bonds. The average Bonchev–Trinajstić information content (AvgIpc) is 3.20. The van der Waals surface area contributed by atoms with Gasteiger partial charge in [-0.15, -0.1) is 0 Å². The molecule has 0 radical (unpaired) electrons. The van der Waals surface area contributed by atoms with Crippen LogP contribution in [0, 0.1) is 13.8 Å². The van der Waals surface area contributed by atoms with Crippen LogP contribution in [-0.4, -0.2) is 32.3 Å². The lowest BCUT2D eigenvalue weighted by molar-refractivity contribution is -0.132. The Bertz CT molecular complexity index is 1950. The highest BCUT2D eigenvalue weighted by molar-refractivity contribution is 6.54. The van der Waals surface area contributed by atoms with E-state index in [1.54, 1.807) is 0 Å². The molecule has 0 spiro atoms. The van der Waals surface area contributed by atoms with Crippen LogP contribution < -0.4 is 29.3 Å². The van der Waals surface area contributed by atoms with Crippen molar-refractivity contribution < 1.29 is 23.7 Å². The zero-order valence-corrected chi connectivity index (χ0v) is 36.0. The van der Waals surface area contributed by atoms with Gasteiger partial charge in [-0.25, -0.2) is 0 Å².